The number of hydrogen-bond donors (Lipinski definition) is 1. The zero-order chi connectivity index (χ0) is 9.40. The van der Waals surface area contributed by atoms with Crippen molar-refractivity contribution in [3.8, 4) is 0 Å². The first-order valence-corrected chi connectivity index (χ1v) is 5.41. The normalized spacial score (nSPS) is 11.6. The zero-order valence-electron chi connectivity index (χ0n) is 7.88. The van der Waals surface area contributed by atoms with Crippen LogP contribution in [0.1, 0.15) is 39.5 Å². The SMILES string of the molecule is CCCCC(CC)COC(=S)S.[KH]. The van der Waals surface area contributed by atoms with Crippen LogP contribution < -0.4 is 0 Å². The van der Waals surface area contributed by atoms with Gasteiger partial charge in [-0.25, -0.2) is 0 Å². The summed E-state index contributed by atoms with van der Waals surface area (Å²) < 4.78 is 5.55. The van der Waals surface area contributed by atoms with Crippen LogP contribution in [0.2, 0.25) is 0 Å². The number of hydrogen-bond acceptors (Lipinski definition) is 2. The van der Waals surface area contributed by atoms with Crippen LogP contribution in [0.3, 0.4) is 0 Å². The minimum absolute atomic E-state index is 0. The second-order valence-corrected chi connectivity index (χ2v) is 4.07. The third-order valence-electron chi connectivity index (χ3n) is 1.99. The van der Waals surface area contributed by atoms with E-state index >= 15 is 0 Å². The molecule has 1 nitrogen and oxygen atoms in total. The van der Waals surface area contributed by atoms with E-state index in [1.807, 2.05) is 0 Å². The first-order valence-electron chi connectivity index (χ1n) is 4.56. The number of thiocarbonyl (C=S) groups is 1. The number of thiol groups is 1. The van der Waals surface area contributed by atoms with E-state index in [0.717, 1.165) is 13.0 Å². The molecule has 0 aromatic heterocycles. The molecule has 4 heteroatoms. The number of unbranched alkanes of at least 4 members (excludes halogenated alkanes) is 1. The molecule has 0 saturated carbocycles. The Morgan fingerprint density at radius 2 is 2.08 bits per heavy atom. The molecule has 0 rings (SSSR count). The van der Waals surface area contributed by atoms with Gasteiger partial charge in [0.15, 0.2) is 0 Å². The molecule has 0 spiro atoms. The van der Waals surface area contributed by atoms with Crippen molar-refractivity contribution in [2.24, 2.45) is 5.92 Å². The van der Waals surface area contributed by atoms with Crippen LogP contribution in [-0.2, 0) is 4.74 Å². The Hall–Kier alpha value is 1.88. The third-order valence-corrected chi connectivity index (χ3v) is 2.23. The van der Waals surface area contributed by atoms with Gasteiger partial charge >= 0.3 is 51.4 Å². The Balaban J connectivity index is 0. The van der Waals surface area contributed by atoms with Gasteiger partial charge in [-0.15, -0.1) is 0 Å². The van der Waals surface area contributed by atoms with Crippen LogP contribution in [-0.4, -0.2) is 62.4 Å². The summed E-state index contributed by atoms with van der Waals surface area (Å²) in [6.07, 6.45) is 4.93. The molecular formula is C9H19KOS2. The Morgan fingerprint density at radius 1 is 1.46 bits per heavy atom. The van der Waals surface area contributed by atoms with E-state index in [2.05, 4.69) is 26.5 Å². The fourth-order valence-corrected chi connectivity index (χ4v) is 1.23. The molecule has 74 valence electrons. The summed E-state index contributed by atoms with van der Waals surface area (Å²) in [6.45, 7) is 5.13. The van der Waals surface area contributed by atoms with E-state index < -0.39 is 0 Å². The molecule has 0 aromatic rings. The van der Waals surface area contributed by atoms with Crippen molar-refractivity contribution < 1.29 is 4.74 Å². The molecule has 0 aromatic carbocycles. The van der Waals surface area contributed by atoms with Crippen LogP contribution in [0, 0.1) is 5.92 Å². The van der Waals surface area contributed by atoms with Crippen LogP contribution in [0.4, 0.5) is 0 Å². The van der Waals surface area contributed by atoms with Crippen molar-refractivity contribution in [3.05, 3.63) is 0 Å². The van der Waals surface area contributed by atoms with Gasteiger partial charge in [-0.1, -0.05) is 45.7 Å². The molecule has 0 heterocycles. The van der Waals surface area contributed by atoms with Gasteiger partial charge in [0.05, 0.1) is 6.61 Å². The standard InChI is InChI=1S/C9H18OS2.K.H/c1-3-5-6-8(4-2)7-10-9(11)12;;/h8H,3-7H2,1-2H3,(H,11,12);;. The first kappa shape index (κ1) is 17.3. The second-order valence-electron chi connectivity index (χ2n) is 2.99. The van der Waals surface area contributed by atoms with Crippen LogP contribution in [0.15, 0.2) is 0 Å². The average molecular weight is 246 g/mol. The summed E-state index contributed by atoms with van der Waals surface area (Å²) in [4.78, 5) is 0. The summed E-state index contributed by atoms with van der Waals surface area (Å²) in [7, 11) is 0. The summed E-state index contributed by atoms with van der Waals surface area (Å²) in [5, 5.41) is 0. The average Bonchev–Trinajstić information content (AvgIpc) is 2.05. The Morgan fingerprint density at radius 3 is 2.46 bits per heavy atom. The Kier molecular flexibility index (Phi) is 15.9. The van der Waals surface area contributed by atoms with E-state index in [-0.39, 0.29) is 51.4 Å². The summed E-state index contributed by atoms with van der Waals surface area (Å²) in [5.41, 5.74) is 0. The molecule has 0 amide bonds. The molecule has 0 radical (unpaired) electrons. The van der Waals surface area contributed by atoms with Gasteiger partial charge in [0, 0.05) is 0 Å². The predicted molar refractivity (Wildman–Crippen MR) is 68.0 cm³/mol. The number of ether oxygens (including phenoxy) is 1. The van der Waals surface area contributed by atoms with Crippen molar-refractivity contribution in [3.63, 3.8) is 0 Å². The quantitative estimate of drug-likeness (QED) is 0.438. The number of rotatable bonds is 6. The molecule has 0 saturated heterocycles. The Labute approximate surface area is 135 Å². The second kappa shape index (κ2) is 11.9. The summed E-state index contributed by atoms with van der Waals surface area (Å²) in [6, 6.07) is 0. The predicted octanol–water partition coefficient (Wildman–Crippen LogP) is 2.79. The molecule has 13 heavy (non-hydrogen) atoms. The van der Waals surface area contributed by atoms with Gasteiger partial charge in [-0.05, 0) is 24.6 Å². The molecule has 0 aliphatic rings. The summed E-state index contributed by atoms with van der Waals surface area (Å²) in [5.74, 6) is 0.648. The van der Waals surface area contributed by atoms with Crippen molar-refractivity contribution in [2.45, 2.75) is 39.5 Å². The topological polar surface area (TPSA) is 9.23 Å². The first-order chi connectivity index (χ1) is 5.70. The van der Waals surface area contributed by atoms with Gasteiger partial charge < -0.3 is 4.74 Å². The van der Waals surface area contributed by atoms with E-state index in [1.54, 1.807) is 0 Å². The molecule has 1 atom stereocenters. The van der Waals surface area contributed by atoms with E-state index in [4.69, 9.17) is 17.0 Å². The molecule has 0 fully saturated rings. The Bertz CT molecular complexity index is 131. The fourth-order valence-electron chi connectivity index (χ4n) is 1.09. The van der Waals surface area contributed by atoms with E-state index in [0.29, 0.717) is 10.3 Å². The van der Waals surface area contributed by atoms with Crippen LogP contribution in [0.25, 0.3) is 0 Å². The molecule has 0 aliphatic carbocycles. The molecule has 0 N–H and O–H groups in total. The van der Waals surface area contributed by atoms with Gasteiger partial charge in [0.25, 0.3) is 0 Å². The van der Waals surface area contributed by atoms with Crippen molar-refractivity contribution >= 4 is 80.6 Å². The van der Waals surface area contributed by atoms with Gasteiger partial charge in [-0.3, -0.25) is 0 Å². The van der Waals surface area contributed by atoms with Gasteiger partial charge in [0.2, 0.25) is 4.38 Å². The van der Waals surface area contributed by atoms with Gasteiger partial charge in [-0.2, -0.15) is 0 Å². The molecular weight excluding hydrogens is 227 g/mol. The monoisotopic (exact) mass is 246 g/mol. The van der Waals surface area contributed by atoms with Crippen LogP contribution >= 0.6 is 24.8 Å². The minimum atomic E-state index is 0. The zero-order valence-corrected chi connectivity index (χ0v) is 9.59. The van der Waals surface area contributed by atoms with Crippen molar-refractivity contribution in [1.29, 1.82) is 0 Å². The fraction of sp³-hybridized carbons (Fsp3) is 0.889. The van der Waals surface area contributed by atoms with Crippen molar-refractivity contribution in [1.82, 2.24) is 0 Å². The maximum absolute atomic E-state index is 5.19. The van der Waals surface area contributed by atoms with Gasteiger partial charge in [0.1, 0.15) is 0 Å². The maximum atomic E-state index is 5.19. The summed E-state index contributed by atoms with van der Waals surface area (Å²) >= 11 is 8.63. The van der Waals surface area contributed by atoms with Crippen LogP contribution in [0.5, 0.6) is 0 Å². The third kappa shape index (κ3) is 11.8. The molecule has 1 unspecified atom stereocenters. The van der Waals surface area contributed by atoms with E-state index in [1.165, 1.54) is 19.3 Å². The van der Waals surface area contributed by atoms with Crippen molar-refractivity contribution in [2.75, 3.05) is 6.61 Å². The molecule has 0 aliphatic heterocycles. The molecule has 0 bridgehead atoms. The van der Waals surface area contributed by atoms with E-state index in [9.17, 15) is 0 Å².